The van der Waals surface area contributed by atoms with Gasteiger partial charge in [0.1, 0.15) is 5.39 Å². The van der Waals surface area contributed by atoms with Crippen molar-refractivity contribution in [3.8, 4) is 0 Å². The molecule has 0 bridgehead atoms. The number of piperazine rings is 1. The van der Waals surface area contributed by atoms with E-state index in [1.165, 1.54) is 15.4 Å². The summed E-state index contributed by atoms with van der Waals surface area (Å²) in [7, 11) is 1.64. The molecular formula is C26H27N5O4. The number of hydrogen-bond donors (Lipinski definition) is 0. The second-order valence-electron chi connectivity index (χ2n) is 8.96. The predicted molar refractivity (Wildman–Crippen MR) is 133 cm³/mol. The van der Waals surface area contributed by atoms with Gasteiger partial charge in [-0.1, -0.05) is 29.8 Å². The molecule has 3 aromatic heterocycles. The lowest BCUT2D eigenvalue weighted by Crippen LogP contribution is -2.49. The third kappa shape index (κ3) is 4.03. The first-order chi connectivity index (χ1) is 16.8. The fourth-order valence-corrected chi connectivity index (χ4v) is 4.64. The SMILES string of the molecule is Cc1ccc(Cn2c(=O)c3c(N4CCN(C(=O)c5ccco5)CC4)c(C)cnc3n(C)c2=O)cc1. The lowest BCUT2D eigenvalue weighted by atomic mass is 10.1. The van der Waals surface area contributed by atoms with Crippen molar-refractivity contribution in [2.75, 3.05) is 31.1 Å². The van der Waals surface area contributed by atoms with Gasteiger partial charge in [-0.2, -0.15) is 0 Å². The van der Waals surface area contributed by atoms with E-state index in [0.717, 1.165) is 22.4 Å². The zero-order valence-electron chi connectivity index (χ0n) is 20.0. The van der Waals surface area contributed by atoms with Crippen LogP contribution in [0.5, 0.6) is 0 Å². The van der Waals surface area contributed by atoms with Gasteiger partial charge in [0.25, 0.3) is 11.5 Å². The number of nitrogens with zero attached hydrogens (tertiary/aromatic N) is 5. The fourth-order valence-electron chi connectivity index (χ4n) is 4.64. The van der Waals surface area contributed by atoms with Crippen LogP contribution in [0.4, 0.5) is 5.69 Å². The third-order valence-electron chi connectivity index (χ3n) is 6.59. The monoisotopic (exact) mass is 473 g/mol. The van der Waals surface area contributed by atoms with E-state index in [0.29, 0.717) is 43.0 Å². The van der Waals surface area contributed by atoms with Gasteiger partial charge < -0.3 is 14.2 Å². The summed E-state index contributed by atoms with van der Waals surface area (Å²) >= 11 is 0. The molecule has 9 nitrogen and oxygen atoms in total. The van der Waals surface area contributed by atoms with E-state index in [1.54, 1.807) is 30.3 Å². The quantitative estimate of drug-likeness (QED) is 0.452. The number of fused-ring (bicyclic) bond motifs is 1. The van der Waals surface area contributed by atoms with E-state index >= 15 is 0 Å². The zero-order chi connectivity index (χ0) is 24.7. The molecule has 1 aromatic carbocycles. The summed E-state index contributed by atoms with van der Waals surface area (Å²) in [6.07, 6.45) is 3.18. The number of pyridine rings is 1. The summed E-state index contributed by atoms with van der Waals surface area (Å²) in [6, 6.07) is 11.1. The van der Waals surface area contributed by atoms with Crippen molar-refractivity contribution in [2.45, 2.75) is 20.4 Å². The fraction of sp³-hybridized carbons (Fsp3) is 0.308. The Bertz CT molecular complexity index is 1510. The predicted octanol–water partition coefficient (Wildman–Crippen LogP) is 2.32. The highest BCUT2D eigenvalue weighted by atomic mass is 16.3. The van der Waals surface area contributed by atoms with Crippen molar-refractivity contribution in [1.82, 2.24) is 19.0 Å². The zero-order valence-corrected chi connectivity index (χ0v) is 20.0. The summed E-state index contributed by atoms with van der Waals surface area (Å²) in [6.45, 7) is 6.17. The third-order valence-corrected chi connectivity index (χ3v) is 6.59. The van der Waals surface area contributed by atoms with E-state index in [4.69, 9.17) is 4.42 Å². The molecule has 1 fully saturated rings. The van der Waals surface area contributed by atoms with Gasteiger partial charge in [0.05, 0.1) is 18.5 Å². The molecule has 180 valence electrons. The van der Waals surface area contributed by atoms with Crippen LogP contribution < -0.4 is 16.1 Å². The molecule has 9 heteroatoms. The Kier molecular flexibility index (Phi) is 5.76. The summed E-state index contributed by atoms with van der Waals surface area (Å²) in [4.78, 5) is 47.8. The van der Waals surface area contributed by atoms with Gasteiger partial charge >= 0.3 is 5.69 Å². The molecule has 4 aromatic rings. The van der Waals surface area contributed by atoms with E-state index in [-0.39, 0.29) is 18.0 Å². The molecule has 5 rings (SSSR count). The highest BCUT2D eigenvalue weighted by molar-refractivity contribution is 5.93. The van der Waals surface area contributed by atoms with Crippen LogP contribution in [-0.4, -0.2) is 51.1 Å². The summed E-state index contributed by atoms with van der Waals surface area (Å²) < 4.78 is 7.96. The lowest BCUT2D eigenvalue weighted by molar-refractivity contribution is 0.0715. The normalized spacial score (nSPS) is 14.0. The maximum absolute atomic E-state index is 13.7. The maximum atomic E-state index is 13.7. The first-order valence-electron chi connectivity index (χ1n) is 11.6. The van der Waals surface area contributed by atoms with Crippen molar-refractivity contribution < 1.29 is 9.21 Å². The Morgan fingerprint density at radius 1 is 1.03 bits per heavy atom. The van der Waals surface area contributed by atoms with Crippen molar-refractivity contribution in [3.63, 3.8) is 0 Å². The van der Waals surface area contributed by atoms with E-state index in [2.05, 4.69) is 9.88 Å². The number of carbonyl (C=O) groups excluding carboxylic acids is 1. The second-order valence-corrected chi connectivity index (χ2v) is 8.96. The highest BCUT2D eigenvalue weighted by Crippen LogP contribution is 2.27. The summed E-state index contributed by atoms with van der Waals surface area (Å²) in [5, 5.41) is 0.421. The Morgan fingerprint density at radius 2 is 1.74 bits per heavy atom. The molecule has 0 aliphatic carbocycles. The van der Waals surface area contributed by atoms with Crippen LogP contribution in [0, 0.1) is 13.8 Å². The molecule has 0 N–H and O–H groups in total. The Labute approximate surface area is 201 Å². The number of furan rings is 1. The Hall–Kier alpha value is -4.14. The van der Waals surface area contributed by atoms with Gasteiger partial charge in [-0.3, -0.25) is 18.7 Å². The van der Waals surface area contributed by atoms with Crippen LogP contribution in [-0.2, 0) is 13.6 Å². The van der Waals surface area contributed by atoms with Gasteiger partial charge in [0.2, 0.25) is 0 Å². The number of benzene rings is 1. The number of amides is 1. The summed E-state index contributed by atoms with van der Waals surface area (Å²) in [5.41, 5.74) is 3.19. The number of hydrogen-bond acceptors (Lipinski definition) is 6. The van der Waals surface area contributed by atoms with Crippen molar-refractivity contribution in [2.24, 2.45) is 7.05 Å². The molecule has 0 radical (unpaired) electrons. The number of anilines is 1. The molecule has 0 unspecified atom stereocenters. The van der Waals surface area contributed by atoms with E-state index in [9.17, 15) is 14.4 Å². The lowest BCUT2D eigenvalue weighted by Gasteiger charge is -2.36. The molecule has 0 atom stereocenters. The molecule has 0 saturated carbocycles. The Balaban J connectivity index is 1.53. The minimum Gasteiger partial charge on any atom is -0.459 e. The first-order valence-corrected chi connectivity index (χ1v) is 11.6. The largest absolute Gasteiger partial charge is 0.459 e. The van der Waals surface area contributed by atoms with Crippen molar-refractivity contribution >= 4 is 22.6 Å². The molecule has 0 spiro atoms. The number of rotatable bonds is 4. The maximum Gasteiger partial charge on any atom is 0.332 e. The van der Waals surface area contributed by atoms with Crippen LogP contribution in [0.15, 0.2) is 62.9 Å². The highest BCUT2D eigenvalue weighted by Gasteiger charge is 2.27. The molecule has 4 heterocycles. The molecule has 1 aliphatic heterocycles. The van der Waals surface area contributed by atoms with Gasteiger partial charge in [-0.25, -0.2) is 9.78 Å². The van der Waals surface area contributed by atoms with Crippen LogP contribution in [0.25, 0.3) is 11.0 Å². The van der Waals surface area contributed by atoms with Crippen molar-refractivity contribution in [1.29, 1.82) is 0 Å². The first kappa shape index (κ1) is 22.6. The molecule has 35 heavy (non-hydrogen) atoms. The average Bonchev–Trinajstić information content (AvgIpc) is 3.41. The topological polar surface area (TPSA) is 93.6 Å². The standard InChI is InChI=1S/C26H27N5O4/c1-17-6-8-19(9-7-17)16-31-25(33)21-22(18(2)15-27-23(21)28(3)26(31)34)29-10-12-30(13-11-29)24(32)20-5-4-14-35-20/h4-9,14-15H,10-13,16H2,1-3H3. The number of carbonyl (C=O) groups is 1. The minimum absolute atomic E-state index is 0.145. The van der Waals surface area contributed by atoms with E-state index in [1.807, 2.05) is 38.1 Å². The molecule has 1 saturated heterocycles. The molecule has 1 amide bonds. The number of aryl methyl sites for hydroxylation is 3. The van der Waals surface area contributed by atoms with Gasteiger partial charge in [0, 0.05) is 39.4 Å². The Morgan fingerprint density at radius 3 is 2.40 bits per heavy atom. The minimum atomic E-state index is -0.403. The summed E-state index contributed by atoms with van der Waals surface area (Å²) in [5.74, 6) is 0.173. The number of aromatic nitrogens is 3. The molecule has 1 aliphatic rings. The van der Waals surface area contributed by atoms with Crippen LogP contribution in [0.2, 0.25) is 0 Å². The second kappa shape index (κ2) is 8.90. The van der Waals surface area contributed by atoms with Crippen molar-refractivity contribution in [3.05, 3.63) is 92.1 Å². The van der Waals surface area contributed by atoms with Gasteiger partial charge in [-0.15, -0.1) is 0 Å². The van der Waals surface area contributed by atoms with Crippen LogP contribution in [0.1, 0.15) is 27.2 Å². The van der Waals surface area contributed by atoms with Gasteiger partial charge in [0.15, 0.2) is 11.4 Å². The van der Waals surface area contributed by atoms with Crippen LogP contribution >= 0.6 is 0 Å². The smallest absolute Gasteiger partial charge is 0.332 e. The van der Waals surface area contributed by atoms with Crippen LogP contribution in [0.3, 0.4) is 0 Å². The van der Waals surface area contributed by atoms with Gasteiger partial charge in [-0.05, 0) is 37.1 Å². The van der Waals surface area contributed by atoms with E-state index < -0.39 is 5.69 Å². The average molecular weight is 474 g/mol. The molecular weight excluding hydrogens is 446 g/mol.